The van der Waals surface area contributed by atoms with Crippen molar-refractivity contribution < 1.29 is 19.8 Å². The predicted molar refractivity (Wildman–Crippen MR) is 43.9 cm³/mol. The summed E-state index contributed by atoms with van der Waals surface area (Å²) in [4.78, 5) is 21.1. The number of carboxylic acids is 2. The van der Waals surface area contributed by atoms with Crippen molar-refractivity contribution in [3.63, 3.8) is 0 Å². The van der Waals surface area contributed by atoms with Gasteiger partial charge in [0.1, 0.15) is 5.25 Å². The van der Waals surface area contributed by atoms with Gasteiger partial charge >= 0.3 is 11.9 Å². The van der Waals surface area contributed by atoms with Gasteiger partial charge in [-0.1, -0.05) is 6.08 Å². The standard InChI is InChI=1S/C7H8O4S/c8-6(9)4-2-1-3-12-5(4)7(10)11/h1,3-5H,2H2,(H,8,9)(H,10,11). The SMILES string of the molecule is O=C(O)C1CC=CSC1C(=O)O. The van der Waals surface area contributed by atoms with Gasteiger partial charge in [0.2, 0.25) is 0 Å². The van der Waals surface area contributed by atoms with E-state index in [1.54, 1.807) is 11.5 Å². The van der Waals surface area contributed by atoms with E-state index in [2.05, 4.69) is 0 Å². The van der Waals surface area contributed by atoms with Gasteiger partial charge < -0.3 is 10.2 Å². The molecule has 2 N–H and O–H groups in total. The summed E-state index contributed by atoms with van der Waals surface area (Å²) in [6.07, 6.45) is 1.99. The molecule has 0 radical (unpaired) electrons. The molecule has 0 spiro atoms. The fourth-order valence-electron chi connectivity index (χ4n) is 1.02. The molecule has 1 rings (SSSR count). The number of carbonyl (C=O) groups is 2. The van der Waals surface area contributed by atoms with Crippen LogP contribution in [-0.2, 0) is 9.59 Å². The first-order chi connectivity index (χ1) is 5.63. The smallest absolute Gasteiger partial charge is 0.317 e. The van der Waals surface area contributed by atoms with Crippen LogP contribution >= 0.6 is 11.8 Å². The van der Waals surface area contributed by atoms with Gasteiger partial charge in [-0.3, -0.25) is 9.59 Å². The van der Waals surface area contributed by atoms with E-state index < -0.39 is 23.1 Å². The zero-order valence-electron chi connectivity index (χ0n) is 6.14. The normalized spacial score (nSPS) is 28.3. The Morgan fingerprint density at radius 1 is 1.33 bits per heavy atom. The average Bonchev–Trinajstić information content (AvgIpc) is 2.04. The van der Waals surface area contributed by atoms with Crippen molar-refractivity contribution in [2.45, 2.75) is 11.7 Å². The summed E-state index contributed by atoms with van der Waals surface area (Å²) in [7, 11) is 0. The summed E-state index contributed by atoms with van der Waals surface area (Å²) in [5.41, 5.74) is 0. The maximum absolute atomic E-state index is 10.6. The molecule has 2 atom stereocenters. The number of rotatable bonds is 2. The summed E-state index contributed by atoms with van der Waals surface area (Å²) >= 11 is 1.05. The molecule has 0 aliphatic carbocycles. The van der Waals surface area contributed by atoms with Gasteiger partial charge in [-0.05, 0) is 11.8 Å². The van der Waals surface area contributed by atoms with Gasteiger partial charge in [0.25, 0.3) is 0 Å². The first kappa shape index (κ1) is 9.12. The largest absolute Gasteiger partial charge is 0.481 e. The second-order valence-electron chi connectivity index (χ2n) is 2.45. The number of thioether (sulfide) groups is 1. The van der Waals surface area contributed by atoms with Crippen LogP contribution in [-0.4, -0.2) is 27.4 Å². The Bertz CT molecular complexity index is 212. The Balaban J connectivity index is 2.76. The zero-order valence-corrected chi connectivity index (χ0v) is 6.95. The second kappa shape index (κ2) is 3.62. The third-order valence-electron chi connectivity index (χ3n) is 1.64. The second-order valence-corrected chi connectivity index (χ2v) is 3.50. The van der Waals surface area contributed by atoms with Crippen molar-refractivity contribution in [3.05, 3.63) is 11.5 Å². The summed E-state index contributed by atoms with van der Waals surface area (Å²) in [5, 5.41) is 18.1. The van der Waals surface area contributed by atoms with E-state index in [1.165, 1.54) is 0 Å². The topological polar surface area (TPSA) is 74.6 Å². The van der Waals surface area contributed by atoms with Gasteiger partial charge in [-0.2, -0.15) is 0 Å². The van der Waals surface area contributed by atoms with Gasteiger partial charge in [0.15, 0.2) is 0 Å². The predicted octanol–water partition coefficient (Wildman–Crippen LogP) is 0.791. The highest BCUT2D eigenvalue weighted by molar-refractivity contribution is 8.03. The summed E-state index contributed by atoms with van der Waals surface area (Å²) in [6, 6.07) is 0. The Morgan fingerprint density at radius 2 is 2.00 bits per heavy atom. The molecule has 0 saturated heterocycles. The minimum Gasteiger partial charge on any atom is -0.481 e. The molecule has 0 aromatic carbocycles. The van der Waals surface area contributed by atoms with Crippen molar-refractivity contribution in [2.75, 3.05) is 0 Å². The molecule has 0 bridgehead atoms. The fraction of sp³-hybridized carbons (Fsp3) is 0.429. The molecule has 0 saturated carbocycles. The van der Waals surface area contributed by atoms with Crippen LogP contribution in [0.4, 0.5) is 0 Å². The van der Waals surface area contributed by atoms with Crippen LogP contribution in [0, 0.1) is 5.92 Å². The van der Waals surface area contributed by atoms with Crippen LogP contribution in [0.1, 0.15) is 6.42 Å². The van der Waals surface area contributed by atoms with Gasteiger partial charge in [-0.15, -0.1) is 11.8 Å². The molecule has 4 nitrogen and oxygen atoms in total. The van der Waals surface area contributed by atoms with Crippen molar-refractivity contribution in [3.8, 4) is 0 Å². The Hall–Kier alpha value is -0.970. The van der Waals surface area contributed by atoms with E-state index in [9.17, 15) is 9.59 Å². The molecule has 0 aromatic heterocycles. The number of allylic oxidation sites excluding steroid dienone is 1. The number of carboxylic acid groups (broad SMARTS) is 2. The van der Waals surface area contributed by atoms with E-state index in [0.29, 0.717) is 6.42 Å². The summed E-state index contributed by atoms with van der Waals surface area (Å²) in [6.45, 7) is 0. The molecular formula is C7H8O4S. The van der Waals surface area contributed by atoms with E-state index in [1.807, 2.05) is 0 Å². The van der Waals surface area contributed by atoms with Gasteiger partial charge in [0, 0.05) is 0 Å². The monoisotopic (exact) mass is 188 g/mol. The number of hydrogen-bond acceptors (Lipinski definition) is 3. The van der Waals surface area contributed by atoms with Crippen molar-refractivity contribution in [1.82, 2.24) is 0 Å². The van der Waals surface area contributed by atoms with Crippen LogP contribution in [0.25, 0.3) is 0 Å². The van der Waals surface area contributed by atoms with E-state index >= 15 is 0 Å². The molecule has 1 aliphatic rings. The Labute approximate surface area is 73.3 Å². The molecular weight excluding hydrogens is 180 g/mol. The van der Waals surface area contributed by atoms with E-state index in [0.717, 1.165) is 11.8 Å². The lowest BCUT2D eigenvalue weighted by atomic mass is 10.0. The van der Waals surface area contributed by atoms with Crippen LogP contribution in [0.3, 0.4) is 0 Å². The molecule has 0 fully saturated rings. The maximum atomic E-state index is 10.6. The molecule has 0 amide bonds. The van der Waals surface area contributed by atoms with Gasteiger partial charge in [0.05, 0.1) is 5.92 Å². The van der Waals surface area contributed by atoms with Crippen molar-refractivity contribution in [1.29, 1.82) is 0 Å². The van der Waals surface area contributed by atoms with Crippen molar-refractivity contribution >= 4 is 23.7 Å². The highest BCUT2D eigenvalue weighted by Gasteiger charge is 2.34. The van der Waals surface area contributed by atoms with Crippen LogP contribution in [0.2, 0.25) is 0 Å². The average molecular weight is 188 g/mol. The number of aliphatic carboxylic acids is 2. The highest BCUT2D eigenvalue weighted by Crippen LogP contribution is 2.29. The summed E-state index contributed by atoms with van der Waals surface area (Å²) in [5.74, 6) is -2.89. The first-order valence-electron chi connectivity index (χ1n) is 3.39. The number of hydrogen-bond donors (Lipinski definition) is 2. The lowest BCUT2D eigenvalue weighted by Gasteiger charge is -2.20. The minimum atomic E-state index is -1.06. The quantitative estimate of drug-likeness (QED) is 0.670. The summed E-state index contributed by atoms with van der Waals surface area (Å²) < 4.78 is 0. The first-order valence-corrected chi connectivity index (χ1v) is 4.33. The van der Waals surface area contributed by atoms with Crippen LogP contribution < -0.4 is 0 Å². The maximum Gasteiger partial charge on any atom is 0.317 e. The minimum absolute atomic E-state index is 0.305. The molecule has 1 aliphatic heterocycles. The Kier molecular flexibility index (Phi) is 2.75. The molecule has 2 unspecified atom stereocenters. The zero-order chi connectivity index (χ0) is 9.14. The van der Waals surface area contributed by atoms with E-state index in [4.69, 9.17) is 10.2 Å². The third-order valence-corrected chi connectivity index (χ3v) is 2.81. The molecule has 5 heteroatoms. The van der Waals surface area contributed by atoms with Crippen LogP contribution in [0.5, 0.6) is 0 Å². The molecule has 12 heavy (non-hydrogen) atoms. The Morgan fingerprint density at radius 3 is 2.42 bits per heavy atom. The third kappa shape index (κ3) is 1.79. The van der Waals surface area contributed by atoms with Crippen LogP contribution in [0.15, 0.2) is 11.5 Å². The van der Waals surface area contributed by atoms with Gasteiger partial charge in [-0.25, -0.2) is 0 Å². The lowest BCUT2D eigenvalue weighted by molar-refractivity contribution is -0.147. The lowest BCUT2D eigenvalue weighted by Crippen LogP contribution is -2.33. The molecule has 1 heterocycles. The molecule has 66 valence electrons. The van der Waals surface area contributed by atoms with Crippen molar-refractivity contribution in [2.24, 2.45) is 5.92 Å². The molecule has 0 aromatic rings. The highest BCUT2D eigenvalue weighted by atomic mass is 32.2. The van der Waals surface area contributed by atoms with E-state index in [-0.39, 0.29) is 0 Å². The fourth-order valence-corrected chi connectivity index (χ4v) is 1.95.